The molecule has 0 radical (unpaired) electrons. The summed E-state index contributed by atoms with van der Waals surface area (Å²) in [6.45, 7) is 1.34. The number of rotatable bonds is 8. The number of nitrogens with one attached hydrogen (secondary N) is 1. The van der Waals surface area contributed by atoms with Gasteiger partial charge in [0, 0.05) is 17.5 Å². The molecular formula is C19H19N3O8. The molecule has 0 aliphatic heterocycles. The van der Waals surface area contributed by atoms with Crippen LogP contribution in [0.15, 0.2) is 42.5 Å². The van der Waals surface area contributed by atoms with Crippen LogP contribution in [0.1, 0.15) is 22.6 Å². The molecule has 0 aliphatic carbocycles. The molecular weight excluding hydrogens is 398 g/mol. The van der Waals surface area contributed by atoms with Crippen molar-refractivity contribution in [1.82, 2.24) is 5.32 Å². The fraction of sp³-hybridized carbons (Fsp3) is 0.263. The Kier molecular flexibility index (Phi) is 7.02. The molecule has 2 atom stereocenters. The van der Waals surface area contributed by atoms with Crippen molar-refractivity contribution in [2.75, 3.05) is 7.11 Å². The first-order chi connectivity index (χ1) is 14.1. The largest absolute Gasteiger partial charge is 0.467 e. The summed E-state index contributed by atoms with van der Waals surface area (Å²) in [5, 5.41) is 34.0. The second kappa shape index (κ2) is 9.45. The summed E-state index contributed by atoms with van der Waals surface area (Å²) in [7, 11) is 1.09. The van der Waals surface area contributed by atoms with E-state index in [1.165, 1.54) is 13.0 Å². The first-order valence-corrected chi connectivity index (χ1v) is 8.70. The SMILES string of the molecule is COC(=O)C(NC(=O)O)C(Cc1ccccc1)c1cc(C)c([N+](=O)[O-])c([N+](=O)[O-])c1. The maximum Gasteiger partial charge on any atom is 0.405 e. The maximum atomic E-state index is 12.3. The standard InChI is InChI=1S/C19H19N3O8/c1-11-8-13(10-15(21(26)27)17(11)22(28)29)14(9-12-6-4-3-5-7-12)16(18(23)30-2)20-19(24)25/h3-8,10,14,16,20H,9H2,1-2H3,(H,24,25). The molecule has 0 bridgehead atoms. The monoisotopic (exact) mass is 417 g/mol. The number of carboxylic acid groups (broad SMARTS) is 1. The van der Waals surface area contributed by atoms with E-state index in [-0.39, 0.29) is 17.5 Å². The van der Waals surface area contributed by atoms with Gasteiger partial charge in [-0.3, -0.25) is 20.2 Å². The smallest absolute Gasteiger partial charge is 0.405 e. The second-order valence-electron chi connectivity index (χ2n) is 6.47. The Hall–Kier alpha value is -4.02. The minimum absolute atomic E-state index is 0.0150. The molecule has 158 valence electrons. The Bertz CT molecular complexity index is 977. The molecule has 2 rings (SSSR count). The summed E-state index contributed by atoms with van der Waals surface area (Å²) >= 11 is 0. The van der Waals surface area contributed by atoms with Crippen molar-refractivity contribution in [1.29, 1.82) is 0 Å². The molecule has 0 saturated heterocycles. The highest BCUT2D eigenvalue weighted by molar-refractivity contribution is 5.82. The topological polar surface area (TPSA) is 162 Å². The van der Waals surface area contributed by atoms with Crippen LogP contribution in [0.25, 0.3) is 0 Å². The van der Waals surface area contributed by atoms with Crippen LogP contribution in [-0.2, 0) is 16.0 Å². The molecule has 0 saturated carbocycles. The number of benzene rings is 2. The van der Waals surface area contributed by atoms with Crippen LogP contribution in [0.5, 0.6) is 0 Å². The molecule has 2 aromatic carbocycles. The van der Waals surface area contributed by atoms with Crippen molar-refractivity contribution < 1.29 is 29.3 Å². The third-order valence-corrected chi connectivity index (χ3v) is 4.55. The van der Waals surface area contributed by atoms with Crippen molar-refractivity contribution in [3.05, 3.63) is 79.4 Å². The molecule has 0 spiro atoms. The van der Waals surface area contributed by atoms with Crippen molar-refractivity contribution >= 4 is 23.4 Å². The molecule has 11 heteroatoms. The van der Waals surface area contributed by atoms with Crippen molar-refractivity contribution in [3.8, 4) is 0 Å². The normalized spacial score (nSPS) is 12.5. The van der Waals surface area contributed by atoms with Gasteiger partial charge in [-0.15, -0.1) is 0 Å². The van der Waals surface area contributed by atoms with Crippen LogP contribution < -0.4 is 5.32 Å². The molecule has 30 heavy (non-hydrogen) atoms. The van der Waals surface area contributed by atoms with Crippen LogP contribution in [0.2, 0.25) is 0 Å². The number of aryl methyl sites for hydroxylation is 1. The van der Waals surface area contributed by atoms with Gasteiger partial charge in [0.15, 0.2) is 0 Å². The molecule has 2 N–H and O–H groups in total. The number of esters is 1. The lowest BCUT2D eigenvalue weighted by molar-refractivity contribution is -0.422. The number of nitro groups is 2. The van der Waals surface area contributed by atoms with E-state index in [2.05, 4.69) is 5.32 Å². The fourth-order valence-corrected chi connectivity index (χ4v) is 3.26. The van der Waals surface area contributed by atoms with Crippen molar-refractivity contribution in [3.63, 3.8) is 0 Å². The highest BCUT2D eigenvalue weighted by Gasteiger charge is 2.36. The van der Waals surface area contributed by atoms with Gasteiger partial charge in [0.25, 0.3) is 0 Å². The van der Waals surface area contributed by atoms with Gasteiger partial charge in [-0.05, 0) is 30.5 Å². The van der Waals surface area contributed by atoms with E-state index in [1.54, 1.807) is 30.3 Å². The zero-order valence-corrected chi connectivity index (χ0v) is 16.1. The van der Waals surface area contributed by atoms with E-state index < -0.39 is 45.2 Å². The van der Waals surface area contributed by atoms with E-state index >= 15 is 0 Å². The highest BCUT2D eigenvalue weighted by atomic mass is 16.6. The van der Waals surface area contributed by atoms with Gasteiger partial charge >= 0.3 is 23.4 Å². The van der Waals surface area contributed by atoms with E-state index in [0.29, 0.717) is 0 Å². The molecule has 0 heterocycles. The number of carbonyl (C=O) groups is 2. The van der Waals surface area contributed by atoms with E-state index in [1.807, 2.05) is 0 Å². The summed E-state index contributed by atoms with van der Waals surface area (Å²) in [4.78, 5) is 44.6. The van der Waals surface area contributed by atoms with E-state index in [0.717, 1.165) is 18.7 Å². The third-order valence-electron chi connectivity index (χ3n) is 4.55. The molecule has 11 nitrogen and oxygen atoms in total. The Labute approximate surface area is 170 Å². The van der Waals surface area contributed by atoms with Gasteiger partial charge in [-0.25, -0.2) is 9.59 Å². The highest BCUT2D eigenvalue weighted by Crippen LogP contribution is 2.36. The number of nitro benzene ring substituents is 2. The molecule has 0 aromatic heterocycles. The number of amides is 1. The number of carbonyl (C=O) groups excluding carboxylic acids is 1. The molecule has 0 aliphatic rings. The minimum atomic E-state index is -1.49. The third kappa shape index (κ3) is 5.07. The van der Waals surface area contributed by atoms with Crippen LogP contribution in [-0.4, -0.2) is 40.2 Å². The Morgan fingerprint density at radius 1 is 1.13 bits per heavy atom. The van der Waals surface area contributed by atoms with Gasteiger partial charge < -0.3 is 15.2 Å². The first-order valence-electron chi connectivity index (χ1n) is 8.70. The van der Waals surface area contributed by atoms with Crippen LogP contribution in [0.3, 0.4) is 0 Å². The van der Waals surface area contributed by atoms with Gasteiger partial charge in [-0.2, -0.15) is 0 Å². The van der Waals surface area contributed by atoms with E-state index in [9.17, 15) is 34.9 Å². The van der Waals surface area contributed by atoms with Gasteiger partial charge in [0.05, 0.1) is 17.0 Å². The zero-order chi connectivity index (χ0) is 22.4. The van der Waals surface area contributed by atoms with Crippen LogP contribution >= 0.6 is 0 Å². The number of nitrogens with zero attached hydrogens (tertiary/aromatic N) is 2. The Morgan fingerprint density at radius 3 is 2.27 bits per heavy atom. The lowest BCUT2D eigenvalue weighted by atomic mass is 9.84. The number of hydrogen-bond donors (Lipinski definition) is 2. The molecule has 1 amide bonds. The van der Waals surface area contributed by atoms with E-state index in [4.69, 9.17) is 4.74 Å². The maximum absolute atomic E-state index is 12.3. The molecule has 0 fully saturated rings. The van der Waals surface area contributed by atoms with Gasteiger partial charge in [0.2, 0.25) is 0 Å². The van der Waals surface area contributed by atoms with Gasteiger partial charge in [-0.1, -0.05) is 30.3 Å². The average molecular weight is 417 g/mol. The molecule has 2 aromatic rings. The summed E-state index contributed by atoms with van der Waals surface area (Å²) in [5.41, 5.74) is -0.476. The fourth-order valence-electron chi connectivity index (χ4n) is 3.26. The lowest BCUT2D eigenvalue weighted by Crippen LogP contribution is -2.45. The predicted octanol–water partition coefficient (Wildman–Crippen LogP) is 2.95. The second-order valence-corrected chi connectivity index (χ2v) is 6.47. The Morgan fingerprint density at radius 2 is 1.77 bits per heavy atom. The van der Waals surface area contributed by atoms with Crippen LogP contribution in [0, 0.1) is 27.2 Å². The Balaban J connectivity index is 2.69. The average Bonchev–Trinajstić information content (AvgIpc) is 2.69. The lowest BCUT2D eigenvalue weighted by Gasteiger charge is -2.26. The summed E-state index contributed by atoms with van der Waals surface area (Å²) in [5.74, 6) is -1.81. The minimum Gasteiger partial charge on any atom is -0.467 e. The van der Waals surface area contributed by atoms with Gasteiger partial charge in [0.1, 0.15) is 6.04 Å². The number of hydrogen-bond acceptors (Lipinski definition) is 7. The summed E-state index contributed by atoms with van der Waals surface area (Å²) in [6, 6.07) is 9.70. The number of ether oxygens (including phenoxy) is 1. The van der Waals surface area contributed by atoms with Crippen molar-refractivity contribution in [2.24, 2.45) is 0 Å². The van der Waals surface area contributed by atoms with Crippen LogP contribution in [0.4, 0.5) is 16.2 Å². The molecule has 2 unspecified atom stereocenters. The quantitative estimate of drug-likeness (QED) is 0.376. The zero-order valence-electron chi connectivity index (χ0n) is 16.1. The summed E-state index contributed by atoms with van der Waals surface area (Å²) in [6.07, 6.45) is -1.37. The predicted molar refractivity (Wildman–Crippen MR) is 104 cm³/mol. The summed E-state index contributed by atoms with van der Waals surface area (Å²) < 4.78 is 4.72. The first kappa shape index (κ1) is 22.3. The number of methoxy groups -OCH3 is 1. The van der Waals surface area contributed by atoms with Crippen molar-refractivity contribution in [2.45, 2.75) is 25.3 Å².